The number of aromatic nitrogens is 4. The van der Waals surface area contributed by atoms with E-state index in [1.165, 1.54) is 11.8 Å². The van der Waals surface area contributed by atoms with Gasteiger partial charge in [-0.15, -0.1) is 5.10 Å². The van der Waals surface area contributed by atoms with Crippen molar-refractivity contribution in [1.29, 1.82) is 0 Å². The summed E-state index contributed by atoms with van der Waals surface area (Å²) < 4.78 is 7.01. The zero-order valence-corrected chi connectivity index (χ0v) is 18.2. The van der Waals surface area contributed by atoms with Gasteiger partial charge in [-0.2, -0.15) is 4.68 Å². The van der Waals surface area contributed by atoms with Gasteiger partial charge in [0, 0.05) is 25.8 Å². The van der Waals surface area contributed by atoms with Crippen LogP contribution in [0.4, 0.5) is 5.69 Å². The number of amides is 1. The van der Waals surface area contributed by atoms with Crippen LogP contribution in [0.5, 0.6) is 5.75 Å². The monoisotopic (exact) mass is 426 g/mol. The molecule has 9 heteroatoms. The Kier molecular flexibility index (Phi) is 7.67. The molecule has 0 fully saturated rings. The van der Waals surface area contributed by atoms with Crippen LogP contribution < -0.4 is 15.0 Å². The number of nitrogens with one attached hydrogen (secondary N) is 1. The first-order valence-electron chi connectivity index (χ1n) is 9.67. The Balaban J connectivity index is 1.47. The van der Waals surface area contributed by atoms with E-state index in [9.17, 15) is 4.79 Å². The number of ether oxygens (including phenoxy) is 1. The van der Waals surface area contributed by atoms with Gasteiger partial charge in [0.25, 0.3) is 0 Å². The number of rotatable bonds is 10. The van der Waals surface area contributed by atoms with E-state index < -0.39 is 0 Å². The van der Waals surface area contributed by atoms with Crippen molar-refractivity contribution in [2.75, 3.05) is 37.9 Å². The van der Waals surface area contributed by atoms with E-state index >= 15 is 0 Å². The van der Waals surface area contributed by atoms with Gasteiger partial charge in [-0.1, -0.05) is 36.0 Å². The van der Waals surface area contributed by atoms with Crippen molar-refractivity contribution in [2.24, 2.45) is 0 Å². The van der Waals surface area contributed by atoms with Crippen LogP contribution in [0.15, 0.2) is 53.7 Å². The predicted octanol–water partition coefficient (Wildman–Crippen LogP) is 2.71. The lowest BCUT2D eigenvalue weighted by molar-refractivity contribution is -0.118. The van der Waals surface area contributed by atoms with Crippen molar-refractivity contribution in [3.05, 3.63) is 54.1 Å². The predicted molar refractivity (Wildman–Crippen MR) is 119 cm³/mol. The van der Waals surface area contributed by atoms with E-state index in [1.807, 2.05) is 50.4 Å². The molecule has 3 rings (SSSR count). The van der Waals surface area contributed by atoms with Crippen LogP contribution >= 0.6 is 11.8 Å². The lowest BCUT2D eigenvalue weighted by Gasteiger charge is -2.19. The third-order valence-electron chi connectivity index (χ3n) is 4.53. The summed E-state index contributed by atoms with van der Waals surface area (Å²) in [5.41, 5.74) is 2.97. The molecule has 2 aromatic carbocycles. The second-order valence-corrected chi connectivity index (χ2v) is 7.74. The molecule has 0 atom stereocenters. The van der Waals surface area contributed by atoms with Gasteiger partial charge in [-0.25, -0.2) is 0 Å². The number of aryl methyl sites for hydroxylation is 1. The summed E-state index contributed by atoms with van der Waals surface area (Å²) in [7, 11) is 3.65. The number of carbonyl (C=O) groups excluding carboxylic acids is 1. The molecule has 0 aliphatic carbocycles. The molecule has 1 heterocycles. The maximum absolute atomic E-state index is 12.2. The maximum Gasteiger partial charge on any atom is 0.230 e. The Bertz CT molecular complexity index is 963. The van der Waals surface area contributed by atoms with Gasteiger partial charge in [0.15, 0.2) is 0 Å². The zero-order chi connectivity index (χ0) is 21.3. The summed E-state index contributed by atoms with van der Waals surface area (Å²) in [6, 6.07) is 16.0. The zero-order valence-electron chi connectivity index (χ0n) is 17.4. The number of methoxy groups -OCH3 is 1. The van der Waals surface area contributed by atoms with Gasteiger partial charge in [-0.05, 0) is 53.6 Å². The summed E-state index contributed by atoms with van der Waals surface area (Å²) in [4.78, 5) is 14.4. The molecule has 1 N–H and O–H groups in total. The third kappa shape index (κ3) is 5.73. The highest BCUT2D eigenvalue weighted by Crippen LogP contribution is 2.26. The highest BCUT2D eigenvalue weighted by atomic mass is 32.2. The number of thioether (sulfide) groups is 1. The lowest BCUT2D eigenvalue weighted by Crippen LogP contribution is -2.29. The van der Waals surface area contributed by atoms with E-state index in [0.29, 0.717) is 17.5 Å². The SMILES string of the molecule is COc1ccc(C)cc1-n1nnnc1SCC(=O)NCCCN(C)c1ccccc1. The average molecular weight is 427 g/mol. The van der Waals surface area contributed by atoms with Crippen LogP contribution in [0.2, 0.25) is 0 Å². The van der Waals surface area contributed by atoms with Crippen molar-refractivity contribution >= 4 is 23.4 Å². The molecule has 158 valence electrons. The molecule has 8 nitrogen and oxygen atoms in total. The first-order valence-corrected chi connectivity index (χ1v) is 10.7. The highest BCUT2D eigenvalue weighted by molar-refractivity contribution is 7.99. The molecule has 1 aromatic heterocycles. The number of hydrogen-bond donors (Lipinski definition) is 1. The summed E-state index contributed by atoms with van der Waals surface area (Å²) in [5.74, 6) is 0.859. The number of para-hydroxylation sites is 1. The quantitative estimate of drug-likeness (QED) is 0.394. The number of anilines is 1. The standard InChI is InChI=1S/C21H26N6O2S/c1-16-10-11-19(29-3)18(14-16)27-21(23-24-25-27)30-15-20(28)22-12-7-13-26(2)17-8-5-4-6-9-17/h4-6,8-11,14H,7,12-13,15H2,1-3H3,(H,22,28). The Labute approximate surface area is 180 Å². The molecule has 30 heavy (non-hydrogen) atoms. The fraction of sp³-hybridized carbons (Fsp3) is 0.333. The Morgan fingerprint density at radius 3 is 2.80 bits per heavy atom. The number of benzene rings is 2. The fourth-order valence-corrected chi connectivity index (χ4v) is 3.64. The normalized spacial score (nSPS) is 10.6. The van der Waals surface area contributed by atoms with Crippen molar-refractivity contribution < 1.29 is 9.53 Å². The summed E-state index contributed by atoms with van der Waals surface area (Å²) >= 11 is 1.29. The number of tetrazole rings is 1. The van der Waals surface area contributed by atoms with Crippen LogP contribution in [-0.2, 0) is 4.79 Å². The van der Waals surface area contributed by atoms with Gasteiger partial charge in [0.1, 0.15) is 11.4 Å². The Hall–Kier alpha value is -3.07. The van der Waals surface area contributed by atoms with Crippen LogP contribution in [0.25, 0.3) is 5.69 Å². The minimum absolute atomic E-state index is 0.0480. The minimum Gasteiger partial charge on any atom is -0.494 e. The van der Waals surface area contributed by atoms with Crippen LogP contribution in [0.1, 0.15) is 12.0 Å². The molecular formula is C21H26N6O2S. The smallest absolute Gasteiger partial charge is 0.230 e. The number of carbonyl (C=O) groups is 1. The van der Waals surface area contributed by atoms with Crippen molar-refractivity contribution in [3.63, 3.8) is 0 Å². The van der Waals surface area contributed by atoms with Crippen LogP contribution in [-0.4, -0.2) is 59.1 Å². The molecule has 1 amide bonds. The highest BCUT2D eigenvalue weighted by Gasteiger charge is 2.15. The van der Waals surface area contributed by atoms with Gasteiger partial charge >= 0.3 is 0 Å². The topological polar surface area (TPSA) is 85.2 Å². The van der Waals surface area contributed by atoms with Gasteiger partial charge < -0.3 is 15.0 Å². The van der Waals surface area contributed by atoms with Gasteiger partial charge in [-0.3, -0.25) is 4.79 Å². The molecule has 0 aliphatic rings. The largest absolute Gasteiger partial charge is 0.494 e. The van der Waals surface area contributed by atoms with E-state index in [1.54, 1.807) is 11.8 Å². The third-order valence-corrected chi connectivity index (χ3v) is 5.44. The molecule has 0 unspecified atom stereocenters. The van der Waals surface area contributed by atoms with Gasteiger partial charge in [0.05, 0.1) is 12.9 Å². The fourth-order valence-electron chi connectivity index (χ4n) is 2.92. The second kappa shape index (κ2) is 10.6. The molecule has 0 bridgehead atoms. The first-order chi connectivity index (χ1) is 14.6. The first kappa shape index (κ1) is 21.6. The van der Waals surface area contributed by atoms with E-state index in [0.717, 1.165) is 29.9 Å². The minimum atomic E-state index is -0.0480. The second-order valence-electron chi connectivity index (χ2n) is 6.80. The molecule has 3 aromatic rings. The number of nitrogens with zero attached hydrogens (tertiary/aromatic N) is 5. The maximum atomic E-state index is 12.2. The molecule has 0 saturated heterocycles. The van der Waals surface area contributed by atoms with Crippen molar-refractivity contribution in [3.8, 4) is 11.4 Å². The van der Waals surface area contributed by atoms with E-state index in [2.05, 4.69) is 37.9 Å². The summed E-state index contributed by atoms with van der Waals surface area (Å²) in [5, 5.41) is 15.3. The van der Waals surface area contributed by atoms with Crippen molar-refractivity contribution in [1.82, 2.24) is 25.5 Å². The summed E-state index contributed by atoms with van der Waals surface area (Å²) in [6.45, 7) is 3.47. The molecule has 0 aliphatic heterocycles. The average Bonchev–Trinajstić information content (AvgIpc) is 3.24. The molecular weight excluding hydrogens is 400 g/mol. The van der Waals surface area contributed by atoms with Crippen LogP contribution in [0.3, 0.4) is 0 Å². The molecule has 0 spiro atoms. The molecule has 0 radical (unpaired) electrons. The Morgan fingerprint density at radius 1 is 1.23 bits per heavy atom. The Morgan fingerprint density at radius 2 is 2.03 bits per heavy atom. The van der Waals surface area contributed by atoms with Crippen molar-refractivity contribution in [2.45, 2.75) is 18.5 Å². The van der Waals surface area contributed by atoms with Crippen LogP contribution in [0, 0.1) is 6.92 Å². The summed E-state index contributed by atoms with van der Waals surface area (Å²) in [6.07, 6.45) is 0.861. The van der Waals surface area contributed by atoms with Gasteiger partial charge in [0.2, 0.25) is 11.1 Å². The van der Waals surface area contributed by atoms with E-state index in [4.69, 9.17) is 4.74 Å². The lowest BCUT2D eigenvalue weighted by atomic mass is 10.2. The van der Waals surface area contributed by atoms with E-state index in [-0.39, 0.29) is 11.7 Å². The molecule has 0 saturated carbocycles. The number of hydrogen-bond acceptors (Lipinski definition) is 7.